The number of hydrogen-bond acceptors (Lipinski definition) is 8. The van der Waals surface area contributed by atoms with Crippen LogP contribution >= 0.6 is 23.3 Å². The minimum absolute atomic E-state index is 0.240. The Bertz CT molecular complexity index is 1230. The molecule has 9 heteroatoms. The molecule has 0 bridgehead atoms. The number of nitrogens with zero attached hydrogens (tertiary/aromatic N) is 3. The van der Waals surface area contributed by atoms with Crippen LogP contribution in [-0.2, 0) is 14.3 Å². The van der Waals surface area contributed by atoms with Gasteiger partial charge < -0.3 is 10.5 Å². The lowest BCUT2D eigenvalue weighted by molar-refractivity contribution is -0.153. The first-order chi connectivity index (χ1) is 16.5. The summed E-state index contributed by atoms with van der Waals surface area (Å²) in [5.41, 5.74) is 9.37. The van der Waals surface area contributed by atoms with Crippen molar-refractivity contribution in [2.45, 2.75) is 24.4 Å². The molecule has 2 aromatic carbocycles. The monoisotopic (exact) mass is 490 g/mol. The number of nitrogens with two attached hydrogens (primary N) is 1. The topological polar surface area (TPSA) is 98.4 Å². The molecule has 1 saturated heterocycles. The lowest BCUT2D eigenvalue weighted by atomic mass is 10.0. The van der Waals surface area contributed by atoms with Crippen molar-refractivity contribution in [2.24, 2.45) is 5.73 Å². The Kier molecular flexibility index (Phi) is 6.32. The van der Waals surface area contributed by atoms with Crippen LogP contribution in [0, 0.1) is 6.92 Å². The van der Waals surface area contributed by atoms with Crippen LogP contribution in [0.15, 0.2) is 78.0 Å². The lowest BCUT2D eigenvalue weighted by Crippen LogP contribution is -2.68. The van der Waals surface area contributed by atoms with Crippen molar-refractivity contribution in [3.05, 3.63) is 99.7 Å². The van der Waals surface area contributed by atoms with Crippen LogP contribution in [0.2, 0.25) is 0 Å². The van der Waals surface area contributed by atoms with E-state index in [1.165, 1.54) is 28.2 Å². The van der Waals surface area contributed by atoms with Crippen LogP contribution < -0.4 is 5.73 Å². The molecule has 3 heterocycles. The molecule has 172 valence electrons. The molecule has 1 aromatic heterocycles. The van der Waals surface area contributed by atoms with Crippen molar-refractivity contribution in [3.63, 3.8) is 0 Å². The molecule has 7 nitrogen and oxygen atoms in total. The van der Waals surface area contributed by atoms with E-state index in [1.54, 1.807) is 0 Å². The number of ether oxygens (including phenoxy) is 1. The van der Waals surface area contributed by atoms with Crippen LogP contribution in [0.3, 0.4) is 0 Å². The fraction of sp³-hybridized carbons (Fsp3) is 0.200. The maximum absolute atomic E-state index is 13.7. The van der Waals surface area contributed by atoms with Gasteiger partial charge in [0.15, 0.2) is 6.10 Å². The molecule has 2 N–H and O–H groups in total. The highest BCUT2D eigenvalue weighted by Crippen LogP contribution is 2.41. The number of fused-ring (bicyclic) bond motifs is 1. The molecule has 5 rings (SSSR count). The summed E-state index contributed by atoms with van der Waals surface area (Å²) in [6.07, 6.45) is 3.02. The van der Waals surface area contributed by atoms with Gasteiger partial charge in [0.05, 0.1) is 0 Å². The van der Waals surface area contributed by atoms with Crippen molar-refractivity contribution in [3.8, 4) is 0 Å². The Morgan fingerprint density at radius 2 is 1.76 bits per heavy atom. The number of aromatic nitrogens is 2. The van der Waals surface area contributed by atoms with Gasteiger partial charge in [-0.2, -0.15) is 0 Å². The number of hydrogen-bond donors (Lipinski definition) is 1. The zero-order valence-electron chi connectivity index (χ0n) is 18.3. The third-order valence-corrected chi connectivity index (χ3v) is 7.76. The van der Waals surface area contributed by atoms with Gasteiger partial charge in [-0.25, -0.2) is 4.79 Å². The summed E-state index contributed by atoms with van der Waals surface area (Å²) in [7, 11) is 0. The number of allylic oxidation sites excluding steroid dienone is 1. The van der Waals surface area contributed by atoms with Gasteiger partial charge in [-0.3, -0.25) is 9.69 Å². The molecule has 0 saturated carbocycles. The van der Waals surface area contributed by atoms with E-state index in [-0.39, 0.29) is 17.0 Å². The van der Waals surface area contributed by atoms with Crippen molar-refractivity contribution >= 4 is 41.2 Å². The molecule has 2 atom stereocenters. The minimum Gasteiger partial charge on any atom is -0.448 e. The summed E-state index contributed by atoms with van der Waals surface area (Å²) >= 11 is 2.85. The van der Waals surface area contributed by atoms with Crippen molar-refractivity contribution in [1.29, 1.82) is 0 Å². The van der Waals surface area contributed by atoms with E-state index in [9.17, 15) is 9.59 Å². The zero-order chi connectivity index (χ0) is 23.7. The quantitative estimate of drug-likeness (QED) is 0.416. The summed E-state index contributed by atoms with van der Waals surface area (Å²) in [6.45, 7) is 1.93. The molecule has 1 unspecified atom stereocenters. The van der Waals surface area contributed by atoms with Crippen molar-refractivity contribution in [1.82, 2.24) is 14.5 Å². The van der Waals surface area contributed by atoms with Crippen molar-refractivity contribution in [2.75, 3.05) is 5.75 Å². The second-order valence-electron chi connectivity index (χ2n) is 7.96. The average Bonchev–Trinajstić information content (AvgIpc) is 3.30. The maximum atomic E-state index is 13.7. The Hall–Kier alpha value is -3.27. The normalized spacial score (nSPS) is 20.0. The first-order valence-electron chi connectivity index (χ1n) is 10.8. The molecule has 1 amide bonds. The molecule has 2 aliphatic rings. The largest absolute Gasteiger partial charge is 0.448 e. The Morgan fingerprint density at radius 1 is 1.12 bits per heavy atom. The lowest BCUT2D eigenvalue weighted by Gasteiger charge is -2.48. The SMILES string of the molecule is Cc1snnc1C=CC1=C(C(=O)OC(c2ccccc2)c2ccccc2)N2C(=O)C(N)[C@H]2SC1. The number of β-lactam (4-membered cyclic amide) rings is 1. The number of thioether (sulfide) groups is 1. The van der Waals surface area contributed by atoms with E-state index >= 15 is 0 Å². The van der Waals surface area contributed by atoms with E-state index in [0.717, 1.165) is 21.7 Å². The number of amides is 1. The molecule has 2 aliphatic heterocycles. The van der Waals surface area contributed by atoms with Gasteiger partial charge in [-0.05, 0) is 41.2 Å². The van der Waals surface area contributed by atoms with Crippen LogP contribution in [0.5, 0.6) is 0 Å². The van der Waals surface area contributed by atoms with Gasteiger partial charge in [0.2, 0.25) is 5.91 Å². The fourth-order valence-corrected chi connectivity index (χ4v) is 5.70. The smallest absolute Gasteiger partial charge is 0.356 e. The third kappa shape index (κ3) is 4.18. The van der Waals surface area contributed by atoms with E-state index in [4.69, 9.17) is 10.5 Å². The summed E-state index contributed by atoms with van der Waals surface area (Å²) in [4.78, 5) is 28.8. The van der Waals surface area contributed by atoms with Crippen molar-refractivity contribution < 1.29 is 14.3 Å². The Labute approximate surface area is 205 Å². The predicted molar refractivity (Wildman–Crippen MR) is 133 cm³/mol. The average molecular weight is 491 g/mol. The number of benzene rings is 2. The highest BCUT2D eigenvalue weighted by atomic mass is 32.2. The van der Waals surface area contributed by atoms with E-state index in [0.29, 0.717) is 11.3 Å². The van der Waals surface area contributed by atoms with Gasteiger partial charge in [-0.1, -0.05) is 71.2 Å². The number of rotatable bonds is 6. The van der Waals surface area contributed by atoms with Crippen LogP contribution in [0.4, 0.5) is 0 Å². The molecule has 0 aliphatic carbocycles. The second kappa shape index (κ2) is 9.54. The molecule has 34 heavy (non-hydrogen) atoms. The highest BCUT2D eigenvalue weighted by molar-refractivity contribution is 8.00. The van der Waals surface area contributed by atoms with Gasteiger partial charge >= 0.3 is 5.97 Å². The van der Waals surface area contributed by atoms with Gasteiger partial charge in [0.1, 0.15) is 22.8 Å². The van der Waals surface area contributed by atoms with E-state index in [1.807, 2.05) is 79.7 Å². The van der Waals surface area contributed by atoms with E-state index < -0.39 is 18.1 Å². The van der Waals surface area contributed by atoms with Gasteiger partial charge in [0, 0.05) is 10.6 Å². The summed E-state index contributed by atoms with van der Waals surface area (Å²) in [5, 5.41) is 3.83. The summed E-state index contributed by atoms with van der Waals surface area (Å²) < 4.78 is 10.0. The van der Waals surface area contributed by atoms with Crippen LogP contribution in [0.1, 0.15) is 27.8 Å². The summed E-state index contributed by atoms with van der Waals surface area (Å²) in [6, 6.07) is 18.5. The maximum Gasteiger partial charge on any atom is 0.356 e. The third-order valence-electron chi connectivity index (χ3n) is 5.79. The van der Waals surface area contributed by atoms with Gasteiger partial charge in [-0.15, -0.1) is 16.9 Å². The van der Waals surface area contributed by atoms with Gasteiger partial charge in [0.25, 0.3) is 0 Å². The predicted octanol–water partition coefficient (Wildman–Crippen LogP) is 3.69. The fourth-order valence-electron chi connectivity index (χ4n) is 3.98. The molecular formula is C25H22N4O3S2. The minimum atomic E-state index is -0.623. The first-order valence-corrected chi connectivity index (χ1v) is 12.6. The summed E-state index contributed by atoms with van der Waals surface area (Å²) in [5.74, 6) is -0.310. The standard InChI is InChI=1S/C25H22N4O3S2/c1-15-19(27-28-34-15)13-12-18-14-33-24-20(26)23(30)29(24)21(18)25(31)32-22(16-8-4-2-5-9-16)17-10-6-3-7-11-17/h2-13,20,22,24H,14,26H2,1H3/t20?,24-/m1/s1. The molecule has 0 radical (unpaired) electrons. The number of carbonyl (C=O) groups excluding carboxylic acids is 2. The number of carbonyl (C=O) groups is 2. The Morgan fingerprint density at radius 3 is 2.35 bits per heavy atom. The van der Waals surface area contributed by atoms with Crippen LogP contribution in [0.25, 0.3) is 6.08 Å². The van der Waals surface area contributed by atoms with E-state index in [2.05, 4.69) is 9.59 Å². The molecule has 3 aromatic rings. The second-order valence-corrected chi connectivity index (χ2v) is 10.0. The first kappa shape index (κ1) is 22.5. The molecular weight excluding hydrogens is 468 g/mol. The Balaban J connectivity index is 1.52. The zero-order valence-corrected chi connectivity index (χ0v) is 20.0. The molecule has 0 spiro atoms. The number of aryl methyl sites for hydroxylation is 1. The van der Waals surface area contributed by atoms with Crippen LogP contribution in [-0.4, -0.2) is 43.5 Å². The highest BCUT2D eigenvalue weighted by Gasteiger charge is 2.52. The number of esters is 1. The molecule has 1 fully saturated rings.